The van der Waals surface area contributed by atoms with Crippen LogP contribution in [0.2, 0.25) is 0 Å². The van der Waals surface area contributed by atoms with E-state index in [4.69, 9.17) is 0 Å². The highest BCUT2D eigenvalue weighted by atomic mass is 16.2. The van der Waals surface area contributed by atoms with Gasteiger partial charge < -0.3 is 10.2 Å². The number of likely N-dealkylation sites (tertiary alicyclic amines) is 1. The molecule has 136 valence electrons. The van der Waals surface area contributed by atoms with Gasteiger partial charge in [0.05, 0.1) is 0 Å². The Balaban J connectivity index is 0.000000381. The highest BCUT2D eigenvalue weighted by Gasteiger charge is 2.28. The van der Waals surface area contributed by atoms with E-state index in [1.54, 1.807) is 0 Å². The summed E-state index contributed by atoms with van der Waals surface area (Å²) in [7, 11) is 1.90. The van der Waals surface area contributed by atoms with E-state index in [1.165, 1.54) is 6.42 Å². The lowest BCUT2D eigenvalue weighted by Gasteiger charge is -2.31. The Morgan fingerprint density at radius 1 is 0.957 bits per heavy atom. The average Bonchev–Trinajstić information content (AvgIpc) is 2.52. The van der Waals surface area contributed by atoms with E-state index in [0.29, 0.717) is 17.7 Å². The van der Waals surface area contributed by atoms with Crippen LogP contribution in [-0.4, -0.2) is 36.9 Å². The lowest BCUT2D eigenvalue weighted by molar-refractivity contribution is -0.138. The summed E-state index contributed by atoms with van der Waals surface area (Å²) in [6.45, 7) is 14.3. The number of carbonyl (C=O) groups excluding carboxylic acids is 2. The maximum absolute atomic E-state index is 11.5. The summed E-state index contributed by atoms with van der Waals surface area (Å²) in [5.41, 5.74) is 0. The molecule has 4 heteroatoms. The van der Waals surface area contributed by atoms with Gasteiger partial charge in [-0.15, -0.1) is 0 Å². The highest BCUT2D eigenvalue weighted by molar-refractivity contribution is 5.79. The van der Waals surface area contributed by atoms with Crippen LogP contribution in [0.3, 0.4) is 0 Å². The first kappa shape index (κ1) is 21.9. The molecule has 2 amide bonds. The van der Waals surface area contributed by atoms with Crippen molar-refractivity contribution in [2.75, 3.05) is 20.1 Å². The van der Waals surface area contributed by atoms with E-state index in [2.05, 4.69) is 33.0 Å². The Kier molecular flexibility index (Phi) is 10.9. The number of nitrogens with one attached hydrogen (secondary N) is 1. The van der Waals surface area contributed by atoms with Crippen LogP contribution >= 0.6 is 0 Å². The molecule has 0 radical (unpaired) electrons. The van der Waals surface area contributed by atoms with Crippen molar-refractivity contribution in [1.29, 1.82) is 0 Å². The quantitative estimate of drug-likeness (QED) is 0.841. The predicted octanol–water partition coefficient (Wildman–Crippen LogP) is 3.71. The van der Waals surface area contributed by atoms with Gasteiger partial charge in [0.15, 0.2) is 0 Å². The van der Waals surface area contributed by atoms with Crippen molar-refractivity contribution in [3.8, 4) is 0 Å². The van der Waals surface area contributed by atoms with Gasteiger partial charge in [-0.25, -0.2) is 0 Å². The van der Waals surface area contributed by atoms with Crippen molar-refractivity contribution >= 4 is 11.8 Å². The van der Waals surface area contributed by atoms with Crippen molar-refractivity contribution in [2.24, 2.45) is 23.7 Å². The predicted molar refractivity (Wildman–Crippen MR) is 97.1 cm³/mol. The molecule has 4 nitrogen and oxygen atoms in total. The standard InChI is InChI=1S/C9H17NO.C8H15NO.C2H6/c1-7(2)8-5-4-6-10(3)9(8)11;1-6(2)7-4-3-5-9-8(7)10;1-2/h7-8H,4-6H2,1-3H3;6-7H,3-5H2,1-2H3,(H,9,10);1-2H3. The molecule has 2 saturated heterocycles. The SMILES string of the molecule is CC.CC(C)C1CCCN(C)C1=O.CC(C)C1CCCNC1=O. The molecule has 2 aliphatic heterocycles. The van der Waals surface area contributed by atoms with E-state index in [1.807, 2.05) is 25.8 Å². The number of hydrogen-bond donors (Lipinski definition) is 1. The lowest BCUT2D eigenvalue weighted by Crippen LogP contribution is -2.40. The molecular weight excluding hydrogens is 288 g/mol. The average molecular weight is 327 g/mol. The van der Waals surface area contributed by atoms with E-state index >= 15 is 0 Å². The molecule has 2 atom stereocenters. The number of hydrogen-bond acceptors (Lipinski definition) is 2. The van der Waals surface area contributed by atoms with Crippen LogP contribution in [-0.2, 0) is 9.59 Å². The van der Waals surface area contributed by atoms with Gasteiger partial charge in [-0.1, -0.05) is 41.5 Å². The first-order valence-corrected chi connectivity index (χ1v) is 9.37. The molecule has 0 aromatic rings. The summed E-state index contributed by atoms with van der Waals surface area (Å²) in [5.74, 6) is 2.15. The van der Waals surface area contributed by atoms with Gasteiger partial charge in [-0.3, -0.25) is 9.59 Å². The number of carbonyl (C=O) groups is 2. The van der Waals surface area contributed by atoms with Crippen LogP contribution < -0.4 is 5.32 Å². The summed E-state index contributed by atoms with van der Waals surface area (Å²) in [6, 6.07) is 0. The number of nitrogens with zero attached hydrogens (tertiary/aromatic N) is 1. The minimum atomic E-state index is 0.251. The topological polar surface area (TPSA) is 49.4 Å². The van der Waals surface area contributed by atoms with E-state index < -0.39 is 0 Å². The molecule has 0 saturated carbocycles. The Morgan fingerprint density at radius 3 is 1.87 bits per heavy atom. The third-order valence-electron chi connectivity index (χ3n) is 4.64. The van der Waals surface area contributed by atoms with Gasteiger partial charge in [0.2, 0.25) is 11.8 Å². The first-order valence-electron chi connectivity index (χ1n) is 9.37. The fourth-order valence-electron chi connectivity index (χ4n) is 3.12. The largest absolute Gasteiger partial charge is 0.356 e. The van der Waals surface area contributed by atoms with Crippen LogP contribution in [0.1, 0.15) is 67.2 Å². The van der Waals surface area contributed by atoms with Gasteiger partial charge in [0.25, 0.3) is 0 Å². The monoisotopic (exact) mass is 326 g/mol. The van der Waals surface area contributed by atoms with Gasteiger partial charge >= 0.3 is 0 Å². The van der Waals surface area contributed by atoms with Crippen LogP contribution in [0.5, 0.6) is 0 Å². The Labute approximate surface area is 143 Å². The van der Waals surface area contributed by atoms with Gasteiger partial charge in [0.1, 0.15) is 0 Å². The summed E-state index contributed by atoms with van der Waals surface area (Å²) < 4.78 is 0. The molecule has 2 heterocycles. The van der Waals surface area contributed by atoms with Crippen LogP contribution in [0, 0.1) is 23.7 Å². The molecule has 0 aliphatic carbocycles. The second kappa shape index (κ2) is 11.5. The fraction of sp³-hybridized carbons (Fsp3) is 0.895. The van der Waals surface area contributed by atoms with E-state index in [0.717, 1.165) is 32.4 Å². The second-order valence-electron chi connectivity index (χ2n) is 7.04. The maximum atomic E-state index is 11.5. The smallest absolute Gasteiger partial charge is 0.225 e. The zero-order valence-electron chi connectivity index (χ0n) is 16.3. The van der Waals surface area contributed by atoms with Crippen LogP contribution in [0.15, 0.2) is 0 Å². The molecule has 0 aromatic carbocycles. The van der Waals surface area contributed by atoms with Gasteiger partial charge in [0, 0.05) is 32.0 Å². The molecule has 2 fully saturated rings. The molecule has 0 spiro atoms. The number of rotatable bonds is 2. The zero-order valence-corrected chi connectivity index (χ0v) is 16.3. The number of amides is 2. The Hall–Kier alpha value is -1.06. The Bertz CT molecular complexity index is 353. The minimum absolute atomic E-state index is 0.251. The third-order valence-corrected chi connectivity index (χ3v) is 4.64. The lowest BCUT2D eigenvalue weighted by atomic mass is 9.87. The van der Waals surface area contributed by atoms with Gasteiger partial charge in [-0.2, -0.15) is 0 Å². The van der Waals surface area contributed by atoms with E-state index in [9.17, 15) is 9.59 Å². The fourth-order valence-corrected chi connectivity index (χ4v) is 3.12. The Morgan fingerprint density at radius 2 is 1.48 bits per heavy atom. The van der Waals surface area contributed by atoms with Crippen LogP contribution in [0.4, 0.5) is 0 Å². The molecular formula is C19H38N2O2. The molecule has 2 aliphatic rings. The zero-order chi connectivity index (χ0) is 18.0. The third kappa shape index (κ3) is 7.36. The summed E-state index contributed by atoms with van der Waals surface area (Å²) in [5, 5.41) is 2.87. The van der Waals surface area contributed by atoms with Crippen molar-refractivity contribution in [3.63, 3.8) is 0 Å². The first-order chi connectivity index (χ1) is 10.8. The molecule has 23 heavy (non-hydrogen) atoms. The molecule has 0 bridgehead atoms. The minimum Gasteiger partial charge on any atom is -0.356 e. The normalized spacial score (nSPS) is 24.5. The van der Waals surface area contributed by atoms with Crippen molar-refractivity contribution < 1.29 is 9.59 Å². The highest BCUT2D eigenvalue weighted by Crippen LogP contribution is 2.23. The molecule has 2 unspecified atom stereocenters. The van der Waals surface area contributed by atoms with Crippen molar-refractivity contribution in [1.82, 2.24) is 10.2 Å². The van der Waals surface area contributed by atoms with Crippen LogP contribution in [0.25, 0.3) is 0 Å². The molecule has 2 rings (SSSR count). The number of piperidine rings is 2. The maximum Gasteiger partial charge on any atom is 0.225 e. The summed E-state index contributed by atoms with van der Waals surface area (Å²) >= 11 is 0. The summed E-state index contributed by atoms with van der Waals surface area (Å²) in [4.78, 5) is 24.5. The van der Waals surface area contributed by atoms with Gasteiger partial charge in [-0.05, 0) is 37.5 Å². The molecule has 1 N–H and O–H groups in total. The van der Waals surface area contributed by atoms with E-state index in [-0.39, 0.29) is 17.7 Å². The second-order valence-corrected chi connectivity index (χ2v) is 7.04. The van der Waals surface area contributed by atoms with Crippen molar-refractivity contribution in [3.05, 3.63) is 0 Å². The molecule has 0 aromatic heterocycles. The van der Waals surface area contributed by atoms with Crippen molar-refractivity contribution in [2.45, 2.75) is 67.2 Å². The summed E-state index contributed by atoms with van der Waals surface area (Å²) in [6.07, 6.45) is 4.48.